The van der Waals surface area contributed by atoms with Gasteiger partial charge in [-0.2, -0.15) is 0 Å². The lowest BCUT2D eigenvalue weighted by atomic mass is 10.1. The van der Waals surface area contributed by atoms with E-state index in [0.29, 0.717) is 17.0 Å². The van der Waals surface area contributed by atoms with Gasteiger partial charge in [-0.1, -0.05) is 17.3 Å². The average molecular weight is 239 g/mol. The molecule has 0 N–H and O–H groups in total. The van der Waals surface area contributed by atoms with E-state index in [0.717, 1.165) is 0 Å². The summed E-state index contributed by atoms with van der Waals surface area (Å²) in [5, 5.41) is 14.5. The summed E-state index contributed by atoms with van der Waals surface area (Å²) >= 11 is 5.56. The fourth-order valence-electron chi connectivity index (χ4n) is 1.35. The molecular weight excluding hydrogens is 232 g/mol. The molecule has 6 heteroatoms. The number of rotatable bonds is 3. The first-order valence-electron chi connectivity index (χ1n) is 4.47. The first kappa shape index (κ1) is 10.6. The van der Waals surface area contributed by atoms with Crippen molar-refractivity contribution in [1.82, 2.24) is 5.16 Å². The highest BCUT2D eigenvalue weighted by Gasteiger charge is 2.17. The van der Waals surface area contributed by atoms with Gasteiger partial charge >= 0.3 is 0 Å². The van der Waals surface area contributed by atoms with E-state index in [9.17, 15) is 10.1 Å². The van der Waals surface area contributed by atoms with Crippen molar-refractivity contribution in [1.29, 1.82) is 0 Å². The number of nitro groups is 1. The first-order valence-corrected chi connectivity index (χ1v) is 5.01. The number of hydrogen-bond donors (Lipinski definition) is 0. The van der Waals surface area contributed by atoms with Crippen molar-refractivity contribution in [2.45, 2.75) is 5.88 Å². The third-order valence-corrected chi connectivity index (χ3v) is 2.33. The van der Waals surface area contributed by atoms with Gasteiger partial charge in [-0.3, -0.25) is 10.1 Å². The fourth-order valence-corrected chi connectivity index (χ4v) is 1.48. The highest BCUT2D eigenvalue weighted by molar-refractivity contribution is 6.16. The molecule has 0 bridgehead atoms. The number of alkyl halides is 1. The number of hydrogen-bond acceptors (Lipinski definition) is 4. The second-order valence-electron chi connectivity index (χ2n) is 3.09. The van der Waals surface area contributed by atoms with Crippen molar-refractivity contribution < 1.29 is 9.45 Å². The molecule has 0 saturated carbocycles. The first-order chi connectivity index (χ1) is 7.72. The second kappa shape index (κ2) is 4.32. The van der Waals surface area contributed by atoms with Crippen LogP contribution in [-0.4, -0.2) is 10.1 Å². The van der Waals surface area contributed by atoms with Gasteiger partial charge in [-0.05, 0) is 6.07 Å². The van der Waals surface area contributed by atoms with Gasteiger partial charge in [0.15, 0.2) is 5.76 Å². The van der Waals surface area contributed by atoms with Crippen LogP contribution in [0.1, 0.15) is 5.76 Å². The third kappa shape index (κ3) is 1.90. The Labute approximate surface area is 95.8 Å². The van der Waals surface area contributed by atoms with Gasteiger partial charge in [0.05, 0.1) is 16.4 Å². The predicted molar refractivity (Wildman–Crippen MR) is 58.2 cm³/mol. The van der Waals surface area contributed by atoms with Crippen molar-refractivity contribution in [2.75, 3.05) is 0 Å². The molecule has 0 saturated heterocycles. The van der Waals surface area contributed by atoms with Gasteiger partial charge in [-0.25, -0.2) is 0 Å². The van der Waals surface area contributed by atoms with Crippen LogP contribution in [0.4, 0.5) is 5.69 Å². The smallest absolute Gasteiger partial charge is 0.278 e. The molecule has 0 aliphatic carbocycles. The molecule has 0 spiro atoms. The molecule has 5 nitrogen and oxygen atoms in total. The van der Waals surface area contributed by atoms with Crippen LogP contribution in [0.25, 0.3) is 11.3 Å². The zero-order valence-corrected chi connectivity index (χ0v) is 8.85. The maximum atomic E-state index is 10.8. The Morgan fingerprint density at radius 3 is 2.81 bits per heavy atom. The van der Waals surface area contributed by atoms with E-state index in [1.54, 1.807) is 24.3 Å². The zero-order chi connectivity index (χ0) is 11.5. The average Bonchev–Trinajstić information content (AvgIpc) is 2.77. The maximum absolute atomic E-state index is 10.8. The van der Waals surface area contributed by atoms with Crippen LogP contribution in [0, 0.1) is 10.1 Å². The molecule has 1 aromatic carbocycles. The summed E-state index contributed by atoms with van der Waals surface area (Å²) in [7, 11) is 0. The molecule has 82 valence electrons. The van der Waals surface area contributed by atoms with Crippen molar-refractivity contribution >= 4 is 17.3 Å². The maximum Gasteiger partial charge on any atom is 0.278 e. The Hall–Kier alpha value is -1.88. The van der Waals surface area contributed by atoms with Crippen molar-refractivity contribution in [2.24, 2.45) is 0 Å². The summed E-state index contributed by atoms with van der Waals surface area (Å²) in [5.41, 5.74) is 0.840. The third-order valence-electron chi connectivity index (χ3n) is 2.07. The summed E-state index contributed by atoms with van der Waals surface area (Å²) in [4.78, 5) is 10.3. The number of halogens is 1. The summed E-state index contributed by atoms with van der Waals surface area (Å²) in [6.07, 6.45) is 0. The van der Waals surface area contributed by atoms with Gasteiger partial charge in [0.1, 0.15) is 5.69 Å². The Balaban J connectivity index is 2.50. The van der Waals surface area contributed by atoms with Crippen molar-refractivity contribution in [3.63, 3.8) is 0 Å². The largest absolute Gasteiger partial charge is 0.359 e. The summed E-state index contributed by atoms with van der Waals surface area (Å²) in [6, 6.07) is 7.94. The van der Waals surface area contributed by atoms with Gasteiger partial charge in [0.25, 0.3) is 5.69 Å². The lowest BCUT2D eigenvalue weighted by Gasteiger charge is -1.96. The topological polar surface area (TPSA) is 69.2 Å². The Kier molecular flexibility index (Phi) is 2.87. The van der Waals surface area contributed by atoms with Gasteiger partial charge in [0.2, 0.25) is 0 Å². The quantitative estimate of drug-likeness (QED) is 0.468. The Morgan fingerprint density at radius 2 is 2.19 bits per heavy atom. The van der Waals surface area contributed by atoms with Crippen LogP contribution in [0.2, 0.25) is 0 Å². The van der Waals surface area contributed by atoms with Crippen LogP contribution in [-0.2, 0) is 5.88 Å². The molecule has 0 atom stereocenters. The lowest BCUT2D eigenvalue weighted by molar-refractivity contribution is -0.384. The van der Waals surface area contributed by atoms with Crippen LogP contribution in [0.3, 0.4) is 0 Å². The van der Waals surface area contributed by atoms with Crippen LogP contribution in [0.15, 0.2) is 34.9 Å². The molecule has 0 aliphatic rings. The molecular formula is C10H7ClN2O3. The minimum atomic E-state index is -0.454. The van der Waals surface area contributed by atoms with E-state index >= 15 is 0 Å². The zero-order valence-electron chi connectivity index (χ0n) is 8.09. The number of nitrogens with zero attached hydrogens (tertiary/aromatic N) is 2. The molecule has 0 amide bonds. The van der Waals surface area contributed by atoms with E-state index in [2.05, 4.69) is 5.16 Å². The van der Waals surface area contributed by atoms with Crippen molar-refractivity contribution in [3.8, 4) is 11.3 Å². The summed E-state index contributed by atoms with van der Waals surface area (Å²) < 4.78 is 4.90. The van der Waals surface area contributed by atoms with Crippen LogP contribution >= 0.6 is 11.6 Å². The van der Waals surface area contributed by atoms with E-state index in [4.69, 9.17) is 16.1 Å². The van der Waals surface area contributed by atoms with E-state index in [-0.39, 0.29) is 11.6 Å². The van der Waals surface area contributed by atoms with Gasteiger partial charge in [0, 0.05) is 12.1 Å². The lowest BCUT2D eigenvalue weighted by Crippen LogP contribution is -1.91. The predicted octanol–water partition coefficient (Wildman–Crippen LogP) is 2.99. The molecule has 2 aromatic rings. The summed E-state index contributed by atoms with van der Waals surface area (Å²) in [6.45, 7) is 0. The fraction of sp³-hybridized carbons (Fsp3) is 0.100. The Bertz CT molecular complexity index is 524. The molecule has 1 aromatic heterocycles. The Morgan fingerprint density at radius 1 is 1.44 bits per heavy atom. The normalized spacial score (nSPS) is 10.3. The van der Waals surface area contributed by atoms with Crippen LogP contribution in [0.5, 0.6) is 0 Å². The molecule has 2 rings (SSSR count). The standard InChI is InChI=1S/C10H7ClN2O3/c11-6-7-5-9(12-16-7)8-3-1-2-4-10(8)13(14)15/h1-5H,6H2. The number of benzene rings is 1. The minimum absolute atomic E-state index is 0.00285. The van der Waals surface area contributed by atoms with Crippen molar-refractivity contribution in [3.05, 3.63) is 46.2 Å². The second-order valence-corrected chi connectivity index (χ2v) is 3.35. The number of para-hydroxylation sites is 1. The number of nitro benzene ring substituents is 1. The highest BCUT2D eigenvalue weighted by Crippen LogP contribution is 2.29. The SMILES string of the molecule is O=[N+]([O-])c1ccccc1-c1cc(CCl)on1. The van der Waals surface area contributed by atoms with E-state index in [1.165, 1.54) is 6.07 Å². The van der Waals surface area contributed by atoms with Gasteiger partial charge < -0.3 is 4.52 Å². The van der Waals surface area contributed by atoms with Crippen LogP contribution < -0.4 is 0 Å². The van der Waals surface area contributed by atoms with Gasteiger partial charge in [-0.15, -0.1) is 11.6 Å². The minimum Gasteiger partial charge on any atom is -0.359 e. The highest BCUT2D eigenvalue weighted by atomic mass is 35.5. The molecule has 0 fully saturated rings. The number of aromatic nitrogens is 1. The van der Waals surface area contributed by atoms with E-state index in [1.807, 2.05) is 0 Å². The van der Waals surface area contributed by atoms with E-state index < -0.39 is 4.92 Å². The molecule has 0 unspecified atom stereocenters. The summed E-state index contributed by atoms with van der Waals surface area (Å²) in [5.74, 6) is 0.669. The monoisotopic (exact) mass is 238 g/mol. The molecule has 0 aliphatic heterocycles. The molecule has 0 radical (unpaired) electrons. The molecule has 1 heterocycles. The molecule has 16 heavy (non-hydrogen) atoms.